The third-order valence-corrected chi connectivity index (χ3v) is 3.13. The Morgan fingerprint density at radius 1 is 1.79 bits per heavy atom. The van der Waals surface area contributed by atoms with Gasteiger partial charge >= 0.3 is 5.97 Å². The van der Waals surface area contributed by atoms with Gasteiger partial charge in [0.15, 0.2) is 0 Å². The van der Waals surface area contributed by atoms with Crippen LogP contribution in [0.25, 0.3) is 0 Å². The van der Waals surface area contributed by atoms with Crippen molar-refractivity contribution in [2.75, 3.05) is 7.11 Å². The van der Waals surface area contributed by atoms with Crippen molar-refractivity contribution < 1.29 is 9.53 Å². The van der Waals surface area contributed by atoms with Crippen molar-refractivity contribution in [3.63, 3.8) is 0 Å². The fourth-order valence-corrected chi connectivity index (χ4v) is 2.16. The molecule has 80 valence electrons. The molecule has 0 aromatic carbocycles. The monoisotopic (exact) mass is 299 g/mol. The Labute approximate surface area is 101 Å². The van der Waals surface area contributed by atoms with Gasteiger partial charge in [0.1, 0.15) is 6.04 Å². The van der Waals surface area contributed by atoms with Crippen LogP contribution in [0.1, 0.15) is 5.56 Å². The molecular weight excluding hydrogens is 290 g/mol. The highest BCUT2D eigenvalue weighted by atomic mass is 79.9. The Kier molecular flexibility index (Phi) is 6.35. The van der Waals surface area contributed by atoms with Crippen LogP contribution in [-0.2, 0) is 16.0 Å². The number of esters is 1. The van der Waals surface area contributed by atoms with Crippen LogP contribution >= 0.6 is 39.7 Å². The summed E-state index contributed by atoms with van der Waals surface area (Å²) in [5, 5.41) is 1.97. The topological polar surface area (TPSA) is 52.3 Å². The summed E-state index contributed by atoms with van der Waals surface area (Å²) in [6, 6.07) is 1.39. The lowest BCUT2D eigenvalue weighted by Gasteiger charge is -2.06. The zero-order valence-electron chi connectivity index (χ0n) is 7.53. The van der Waals surface area contributed by atoms with Crippen molar-refractivity contribution in [3.8, 4) is 0 Å². The van der Waals surface area contributed by atoms with E-state index in [0.29, 0.717) is 6.42 Å². The standard InChI is InChI=1S/C8H10BrNO2S.ClH/c1-12-8(11)6(10)2-5-3-7(9)13-4-5;/h3-4,6H,2,10H2,1H3;1H/t6-;/m0./s1. The summed E-state index contributed by atoms with van der Waals surface area (Å²) in [6.45, 7) is 0. The molecule has 1 atom stereocenters. The molecule has 1 rings (SSSR count). The summed E-state index contributed by atoms with van der Waals surface area (Å²) >= 11 is 4.91. The van der Waals surface area contributed by atoms with E-state index in [-0.39, 0.29) is 18.4 Å². The lowest BCUT2D eigenvalue weighted by atomic mass is 10.1. The minimum atomic E-state index is -0.563. The Balaban J connectivity index is 0.00000169. The van der Waals surface area contributed by atoms with Crippen molar-refractivity contribution in [3.05, 3.63) is 20.8 Å². The van der Waals surface area contributed by atoms with Gasteiger partial charge in [-0.15, -0.1) is 23.7 Å². The summed E-state index contributed by atoms with van der Waals surface area (Å²) in [4.78, 5) is 11.0. The fourth-order valence-electron chi connectivity index (χ4n) is 0.941. The van der Waals surface area contributed by atoms with Gasteiger partial charge in [-0.3, -0.25) is 4.79 Å². The molecular formula is C8H11BrClNO2S. The first-order chi connectivity index (χ1) is 6.13. The first kappa shape index (κ1) is 13.9. The van der Waals surface area contributed by atoms with Crippen LogP contribution in [0.15, 0.2) is 15.2 Å². The Morgan fingerprint density at radius 3 is 2.86 bits per heavy atom. The van der Waals surface area contributed by atoms with Crippen LogP contribution in [0.4, 0.5) is 0 Å². The smallest absolute Gasteiger partial charge is 0.322 e. The molecule has 1 aromatic rings. The number of ether oxygens (including phenoxy) is 1. The lowest BCUT2D eigenvalue weighted by Crippen LogP contribution is -2.33. The predicted molar refractivity (Wildman–Crippen MR) is 63.0 cm³/mol. The second-order valence-corrected chi connectivity index (χ2v) is 4.88. The second kappa shape index (κ2) is 6.40. The molecule has 0 amide bonds. The van der Waals surface area contributed by atoms with E-state index in [1.54, 1.807) is 11.3 Å². The summed E-state index contributed by atoms with van der Waals surface area (Å²) in [5.74, 6) is -0.373. The molecule has 14 heavy (non-hydrogen) atoms. The molecule has 0 spiro atoms. The number of hydrogen-bond acceptors (Lipinski definition) is 4. The van der Waals surface area contributed by atoms with E-state index in [0.717, 1.165) is 9.35 Å². The number of halogens is 2. The fraction of sp³-hybridized carbons (Fsp3) is 0.375. The number of rotatable bonds is 3. The van der Waals surface area contributed by atoms with E-state index in [1.807, 2.05) is 11.4 Å². The molecule has 1 heterocycles. The van der Waals surface area contributed by atoms with Gasteiger partial charge in [0.05, 0.1) is 10.9 Å². The van der Waals surface area contributed by atoms with Gasteiger partial charge in [-0.1, -0.05) is 0 Å². The summed E-state index contributed by atoms with van der Waals surface area (Å²) in [5.41, 5.74) is 6.63. The first-order valence-corrected chi connectivity index (χ1v) is 5.37. The van der Waals surface area contributed by atoms with Crippen molar-refractivity contribution in [2.24, 2.45) is 5.73 Å². The minimum absolute atomic E-state index is 0. The van der Waals surface area contributed by atoms with Crippen molar-refractivity contribution >= 4 is 45.6 Å². The number of thiophene rings is 1. The molecule has 1 aromatic heterocycles. The third kappa shape index (κ3) is 3.96. The van der Waals surface area contributed by atoms with Crippen LogP contribution < -0.4 is 5.73 Å². The zero-order valence-corrected chi connectivity index (χ0v) is 10.7. The number of methoxy groups -OCH3 is 1. The molecule has 2 N–H and O–H groups in total. The van der Waals surface area contributed by atoms with E-state index < -0.39 is 6.04 Å². The molecule has 3 nitrogen and oxygen atoms in total. The van der Waals surface area contributed by atoms with Gasteiger partial charge in [-0.05, 0) is 39.4 Å². The molecule has 0 aliphatic heterocycles. The van der Waals surface area contributed by atoms with Crippen LogP contribution in [0, 0.1) is 0 Å². The normalized spacial score (nSPS) is 11.6. The number of carbonyl (C=O) groups excluding carboxylic acids is 1. The number of carbonyl (C=O) groups is 1. The molecule has 0 unspecified atom stereocenters. The van der Waals surface area contributed by atoms with Crippen LogP contribution in [0.5, 0.6) is 0 Å². The third-order valence-electron chi connectivity index (χ3n) is 1.58. The van der Waals surface area contributed by atoms with Crippen molar-refractivity contribution in [1.29, 1.82) is 0 Å². The molecule has 0 saturated carbocycles. The molecule has 0 saturated heterocycles. The van der Waals surface area contributed by atoms with Gasteiger partial charge in [-0.2, -0.15) is 0 Å². The Morgan fingerprint density at radius 2 is 2.43 bits per heavy atom. The average Bonchev–Trinajstić information content (AvgIpc) is 2.49. The van der Waals surface area contributed by atoms with E-state index in [4.69, 9.17) is 5.73 Å². The highest BCUT2D eigenvalue weighted by molar-refractivity contribution is 9.11. The lowest BCUT2D eigenvalue weighted by molar-refractivity contribution is -0.142. The summed E-state index contributed by atoms with van der Waals surface area (Å²) in [7, 11) is 1.34. The quantitative estimate of drug-likeness (QED) is 0.869. The largest absolute Gasteiger partial charge is 0.468 e. The minimum Gasteiger partial charge on any atom is -0.468 e. The summed E-state index contributed by atoms with van der Waals surface area (Å²) < 4.78 is 5.56. The molecule has 0 aliphatic carbocycles. The maximum Gasteiger partial charge on any atom is 0.322 e. The van der Waals surface area contributed by atoms with Crippen LogP contribution in [0.2, 0.25) is 0 Å². The highest BCUT2D eigenvalue weighted by Crippen LogP contribution is 2.21. The highest BCUT2D eigenvalue weighted by Gasteiger charge is 2.14. The van der Waals surface area contributed by atoms with Crippen molar-refractivity contribution in [2.45, 2.75) is 12.5 Å². The molecule has 0 radical (unpaired) electrons. The van der Waals surface area contributed by atoms with Gasteiger partial charge in [0, 0.05) is 0 Å². The van der Waals surface area contributed by atoms with Crippen LogP contribution in [0.3, 0.4) is 0 Å². The number of nitrogens with two attached hydrogens (primary N) is 1. The van der Waals surface area contributed by atoms with E-state index in [1.165, 1.54) is 7.11 Å². The summed E-state index contributed by atoms with van der Waals surface area (Å²) in [6.07, 6.45) is 0.523. The molecule has 0 fully saturated rings. The Bertz CT molecular complexity index is 305. The second-order valence-electron chi connectivity index (χ2n) is 2.59. The molecule has 0 bridgehead atoms. The zero-order chi connectivity index (χ0) is 9.84. The molecule has 0 aliphatic rings. The van der Waals surface area contributed by atoms with Gasteiger partial charge < -0.3 is 10.5 Å². The first-order valence-electron chi connectivity index (χ1n) is 3.70. The van der Waals surface area contributed by atoms with Crippen molar-refractivity contribution in [1.82, 2.24) is 0 Å². The van der Waals surface area contributed by atoms with Gasteiger partial charge in [-0.25, -0.2) is 0 Å². The van der Waals surface area contributed by atoms with E-state index >= 15 is 0 Å². The SMILES string of the molecule is COC(=O)[C@@H](N)Cc1csc(Br)c1.Cl. The van der Waals surface area contributed by atoms with Crippen LogP contribution in [-0.4, -0.2) is 19.1 Å². The average molecular weight is 301 g/mol. The van der Waals surface area contributed by atoms with Gasteiger partial charge in [0.25, 0.3) is 0 Å². The van der Waals surface area contributed by atoms with Gasteiger partial charge in [0.2, 0.25) is 0 Å². The maximum absolute atomic E-state index is 11.0. The van der Waals surface area contributed by atoms with E-state index in [2.05, 4.69) is 20.7 Å². The predicted octanol–water partition coefficient (Wildman–Crippen LogP) is 1.98. The maximum atomic E-state index is 11.0. The van der Waals surface area contributed by atoms with E-state index in [9.17, 15) is 4.79 Å². The Hall–Kier alpha value is -0.100. The molecule has 6 heteroatoms. The number of hydrogen-bond donors (Lipinski definition) is 1.